The molecule has 0 bridgehead atoms. The number of hydrogen-bond donors (Lipinski definition) is 2. The molecule has 26 heavy (non-hydrogen) atoms. The van der Waals surface area contributed by atoms with Gasteiger partial charge in [0.05, 0.1) is 6.54 Å². The summed E-state index contributed by atoms with van der Waals surface area (Å²) in [5.74, 6) is -0.975. The molecule has 5 nitrogen and oxygen atoms in total. The Morgan fingerprint density at radius 1 is 1.15 bits per heavy atom. The minimum atomic E-state index is -4.27. The van der Waals surface area contributed by atoms with Crippen LogP contribution in [-0.2, 0) is 0 Å². The van der Waals surface area contributed by atoms with E-state index in [1.54, 1.807) is 12.1 Å². The Bertz CT molecular complexity index is 768. The summed E-state index contributed by atoms with van der Waals surface area (Å²) in [6.45, 7) is -0.519. The Hall–Kier alpha value is -2.61. The molecule has 0 saturated carbocycles. The molecule has 1 saturated heterocycles. The van der Waals surface area contributed by atoms with Gasteiger partial charge in [0.1, 0.15) is 5.82 Å². The highest BCUT2D eigenvalue weighted by molar-refractivity contribution is 5.85. The van der Waals surface area contributed by atoms with Crippen LogP contribution in [0.3, 0.4) is 0 Å². The zero-order valence-electron chi connectivity index (χ0n) is 13.8. The van der Waals surface area contributed by atoms with Gasteiger partial charge in [-0.05, 0) is 17.7 Å². The van der Waals surface area contributed by atoms with Crippen LogP contribution in [0.15, 0.2) is 48.5 Å². The maximum atomic E-state index is 12.8. The first-order valence-electron chi connectivity index (χ1n) is 8.13. The summed E-state index contributed by atoms with van der Waals surface area (Å²) < 4.78 is 38.4. The summed E-state index contributed by atoms with van der Waals surface area (Å²) in [6.07, 6.45) is -4.27. The third-order valence-electron chi connectivity index (χ3n) is 4.33. The number of carbonyl (C=O) groups is 1. The number of aromatic carboxylic acids is 1. The van der Waals surface area contributed by atoms with Crippen molar-refractivity contribution in [2.24, 2.45) is 0 Å². The van der Waals surface area contributed by atoms with E-state index in [9.17, 15) is 18.0 Å². The van der Waals surface area contributed by atoms with E-state index < -0.39 is 18.7 Å². The number of carboxylic acid groups (broad SMARTS) is 1. The lowest BCUT2D eigenvalue weighted by atomic mass is 9.94. The lowest BCUT2D eigenvalue weighted by Crippen LogP contribution is -2.34. The molecule has 8 heteroatoms. The van der Waals surface area contributed by atoms with Gasteiger partial charge in [0.15, 0.2) is 5.69 Å². The van der Waals surface area contributed by atoms with Crippen LogP contribution in [0.2, 0.25) is 0 Å². The molecular formula is C18H18F3N3O2. The van der Waals surface area contributed by atoms with Gasteiger partial charge in [-0.15, -0.1) is 0 Å². The van der Waals surface area contributed by atoms with Crippen LogP contribution >= 0.6 is 0 Å². The van der Waals surface area contributed by atoms with Crippen molar-refractivity contribution < 1.29 is 23.1 Å². The van der Waals surface area contributed by atoms with Crippen molar-refractivity contribution in [1.29, 1.82) is 0 Å². The fraction of sp³-hybridized carbons (Fsp3) is 0.333. The number of halogens is 3. The number of nitrogens with one attached hydrogen (secondary N) is 1. The largest absolute Gasteiger partial charge is 0.477 e. The average Bonchev–Trinajstić information content (AvgIpc) is 2.96. The molecule has 2 N–H and O–H groups in total. The molecule has 1 fully saturated rings. The summed E-state index contributed by atoms with van der Waals surface area (Å²) in [7, 11) is 0. The van der Waals surface area contributed by atoms with E-state index in [1.165, 1.54) is 11.0 Å². The van der Waals surface area contributed by atoms with Gasteiger partial charge >= 0.3 is 12.1 Å². The van der Waals surface area contributed by atoms with Crippen LogP contribution in [0.25, 0.3) is 0 Å². The second-order valence-electron chi connectivity index (χ2n) is 6.29. The van der Waals surface area contributed by atoms with E-state index in [1.807, 2.05) is 30.3 Å². The molecule has 1 aliphatic heterocycles. The zero-order chi connectivity index (χ0) is 18.7. The smallest absolute Gasteiger partial charge is 0.401 e. The summed E-state index contributed by atoms with van der Waals surface area (Å²) in [5, 5.41) is 12.2. The molecule has 1 aromatic heterocycles. The number of rotatable bonds is 5. The molecule has 0 unspecified atom stereocenters. The summed E-state index contributed by atoms with van der Waals surface area (Å²) in [4.78, 5) is 16.4. The normalized spacial score (nSPS) is 20.9. The van der Waals surface area contributed by atoms with Crippen molar-refractivity contribution in [2.45, 2.75) is 18.1 Å². The number of anilines is 1. The second kappa shape index (κ2) is 7.33. The topological polar surface area (TPSA) is 65.5 Å². The van der Waals surface area contributed by atoms with Gasteiger partial charge in [-0.25, -0.2) is 9.78 Å². The lowest BCUT2D eigenvalue weighted by Gasteiger charge is -2.21. The van der Waals surface area contributed by atoms with Crippen LogP contribution in [0, 0.1) is 0 Å². The first-order chi connectivity index (χ1) is 12.3. The molecule has 3 rings (SSSR count). The van der Waals surface area contributed by atoms with Crippen molar-refractivity contribution in [3.8, 4) is 0 Å². The Kier molecular flexibility index (Phi) is 5.13. The fourth-order valence-electron chi connectivity index (χ4n) is 3.28. The van der Waals surface area contributed by atoms with Crippen molar-refractivity contribution in [3.63, 3.8) is 0 Å². The summed E-state index contributed by atoms with van der Waals surface area (Å²) in [6, 6.07) is 13.6. The van der Waals surface area contributed by atoms with Gasteiger partial charge in [0.25, 0.3) is 0 Å². The molecule has 0 aliphatic carbocycles. The number of nitrogens with zero attached hydrogens (tertiary/aromatic N) is 2. The highest BCUT2D eigenvalue weighted by atomic mass is 19.4. The first kappa shape index (κ1) is 18.2. The van der Waals surface area contributed by atoms with Crippen molar-refractivity contribution in [2.75, 3.05) is 25.0 Å². The van der Waals surface area contributed by atoms with Crippen molar-refractivity contribution in [1.82, 2.24) is 9.88 Å². The maximum Gasteiger partial charge on any atom is 0.401 e. The minimum absolute atomic E-state index is 0.114. The average molecular weight is 365 g/mol. The lowest BCUT2D eigenvalue weighted by molar-refractivity contribution is -0.143. The first-order valence-corrected chi connectivity index (χ1v) is 8.13. The number of aromatic nitrogens is 1. The molecule has 0 amide bonds. The molecule has 138 valence electrons. The minimum Gasteiger partial charge on any atom is -0.477 e. The van der Waals surface area contributed by atoms with Gasteiger partial charge in [-0.2, -0.15) is 13.2 Å². The number of alkyl halides is 3. The second-order valence-corrected chi connectivity index (χ2v) is 6.29. The van der Waals surface area contributed by atoms with Crippen molar-refractivity contribution >= 4 is 11.8 Å². The van der Waals surface area contributed by atoms with Crippen LogP contribution in [0.4, 0.5) is 19.0 Å². The number of carboxylic acids is 1. The van der Waals surface area contributed by atoms with E-state index in [0.717, 1.165) is 5.56 Å². The Labute approximate surface area is 148 Å². The maximum absolute atomic E-state index is 12.8. The molecule has 2 aromatic rings. The number of likely N-dealkylation sites (tertiary alicyclic amines) is 1. The van der Waals surface area contributed by atoms with Crippen LogP contribution < -0.4 is 5.32 Å². The molecular weight excluding hydrogens is 347 g/mol. The van der Waals surface area contributed by atoms with Gasteiger partial charge in [0.2, 0.25) is 0 Å². The van der Waals surface area contributed by atoms with Gasteiger partial charge in [-0.3, -0.25) is 4.90 Å². The van der Waals surface area contributed by atoms with Crippen LogP contribution in [0.1, 0.15) is 22.0 Å². The highest BCUT2D eigenvalue weighted by Crippen LogP contribution is 2.31. The van der Waals surface area contributed by atoms with E-state index in [-0.39, 0.29) is 30.7 Å². The molecule has 2 atom stereocenters. The summed E-state index contributed by atoms with van der Waals surface area (Å²) >= 11 is 0. The zero-order valence-corrected chi connectivity index (χ0v) is 13.8. The Morgan fingerprint density at radius 3 is 2.54 bits per heavy atom. The predicted molar refractivity (Wildman–Crippen MR) is 90.3 cm³/mol. The standard InChI is InChI=1S/C18H18F3N3O2/c19-18(20,21)11-24-9-13(12-5-2-1-3-6-12)15(10-24)23-16-8-4-7-14(22-16)17(25)26/h1-8,13,15H,9-11H2,(H,22,23)(H,25,26)/t13-,15+/m0/s1. The molecule has 0 radical (unpaired) electrons. The molecule has 0 spiro atoms. The highest BCUT2D eigenvalue weighted by Gasteiger charge is 2.39. The molecule has 1 aromatic carbocycles. The van der Waals surface area contributed by atoms with Crippen molar-refractivity contribution in [3.05, 3.63) is 59.8 Å². The summed E-state index contributed by atoms with van der Waals surface area (Å²) in [5.41, 5.74) is 0.820. The van der Waals surface area contributed by atoms with Gasteiger partial charge in [-0.1, -0.05) is 36.4 Å². The fourth-order valence-corrected chi connectivity index (χ4v) is 3.28. The SMILES string of the molecule is O=C(O)c1cccc(N[C@@H]2CN(CC(F)(F)F)C[C@H]2c2ccccc2)n1. The number of pyridine rings is 1. The predicted octanol–water partition coefficient (Wildman–Crippen LogP) is 3.22. The third-order valence-corrected chi connectivity index (χ3v) is 4.33. The monoisotopic (exact) mass is 365 g/mol. The van der Waals surface area contributed by atoms with Crippen LogP contribution in [-0.4, -0.2) is 52.8 Å². The quantitative estimate of drug-likeness (QED) is 0.852. The van der Waals surface area contributed by atoms with E-state index >= 15 is 0 Å². The Morgan fingerprint density at radius 2 is 1.88 bits per heavy atom. The van der Waals surface area contributed by atoms with Gasteiger partial charge in [0, 0.05) is 25.0 Å². The third kappa shape index (κ3) is 4.51. The number of hydrogen-bond acceptors (Lipinski definition) is 4. The Balaban J connectivity index is 1.82. The number of benzene rings is 1. The van der Waals surface area contributed by atoms with Crippen LogP contribution in [0.5, 0.6) is 0 Å². The van der Waals surface area contributed by atoms with Gasteiger partial charge < -0.3 is 10.4 Å². The van der Waals surface area contributed by atoms with E-state index in [0.29, 0.717) is 5.82 Å². The van der Waals surface area contributed by atoms with E-state index in [2.05, 4.69) is 10.3 Å². The molecule has 2 heterocycles. The van der Waals surface area contributed by atoms with E-state index in [4.69, 9.17) is 5.11 Å². The molecule has 1 aliphatic rings.